The van der Waals surface area contributed by atoms with E-state index >= 15 is 0 Å². The zero-order valence-electron chi connectivity index (χ0n) is 13.4. The SMILES string of the molecule is O=C(CNC(=O)c1ccccc1)NCCc1ccc2oc(=O)[nH]c2c1. The molecule has 2 aromatic carbocycles. The molecule has 7 nitrogen and oxygen atoms in total. The molecule has 3 rings (SSSR count). The number of rotatable bonds is 6. The zero-order valence-corrected chi connectivity index (χ0v) is 13.4. The summed E-state index contributed by atoms with van der Waals surface area (Å²) >= 11 is 0. The van der Waals surface area contributed by atoms with E-state index in [4.69, 9.17) is 4.42 Å². The molecule has 2 amide bonds. The minimum atomic E-state index is -0.491. The summed E-state index contributed by atoms with van der Waals surface area (Å²) in [7, 11) is 0. The Hall–Kier alpha value is -3.35. The first-order chi connectivity index (χ1) is 12.1. The van der Waals surface area contributed by atoms with Gasteiger partial charge >= 0.3 is 5.76 Å². The molecule has 0 aliphatic heterocycles. The lowest BCUT2D eigenvalue weighted by atomic mass is 10.1. The van der Waals surface area contributed by atoms with Crippen LogP contribution in [0.5, 0.6) is 0 Å². The highest BCUT2D eigenvalue weighted by Gasteiger charge is 2.07. The van der Waals surface area contributed by atoms with E-state index in [9.17, 15) is 14.4 Å². The Bertz CT molecular complexity index is 944. The van der Waals surface area contributed by atoms with Crippen molar-refractivity contribution in [3.05, 3.63) is 70.2 Å². The highest BCUT2D eigenvalue weighted by atomic mass is 16.4. The highest BCUT2D eigenvalue weighted by Crippen LogP contribution is 2.12. The van der Waals surface area contributed by atoms with Crippen molar-refractivity contribution >= 4 is 22.9 Å². The molecule has 128 valence electrons. The quantitative estimate of drug-likeness (QED) is 0.628. The monoisotopic (exact) mass is 339 g/mol. The second-order valence-corrected chi connectivity index (χ2v) is 5.49. The number of H-pyrrole nitrogens is 1. The summed E-state index contributed by atoms with van der Waals surface area (Å²) < 4.78 is 4.94. The van der Waals surface area contributed by atoms with Crippen molar-refractivity contribution in [2.24, 2.45) is 0 Å². The third-order valence-corrected chi connectivity index (χ3v) is 3.66. The smallest absolute Gasteiger partial charge is 0.408 e. The second kappa shape index (κ2) is 7.48. The van der Waals surface area contributed by atoms with E-state index in [1.807, 2.05) is 18.2 Å². The van der Waals surface area contributed by atoms with Gasteiger partial charge < -0.3 is 15.1 Å². The molecule has 0 unspecified atom stereocenters. The number of aromatic amines is 1. The number of amides is 2. The van der Waals surface area contributed by atoms with E-state index in [0.717, 1.165) is 5.56 Å². The van der Waals surface area contributed by atoms with Crippen molar-refractivity contribution in [3.63, 3.8) is 0 Å². The molecule has 0 radical (unpaired) electrons. The molecular formula is C18H17N3O4. The van der Waals surface area contributed by atoms with E-state index < -0.39 is 5.76 Å². The Labute approximate surface area is 143 Å². The van der Waals surface area contributed by atoms with Gasteiger partial charge in [-0.25, -0.2) is 4.79 Å². The largest absolute Gasteiger partial charge is 0.417 e. The van der Waals surface area contributed by atoms with Gasteiger partial charge in [0.2, 0.25) is 5.91 Å². The lowest BCUT2D eigenvalue weighted by molar-refractivity contribution is -0.120. The maximum Gasteiger partial charge on any atom is 0.417 e. The lowest BCUT2D eigenvalue weighted by Crippen LogP contribution is -2.37. The third kappa shape index (κ3) is 4.35. The van der Waals surface area contributed by atoms with Crippen LogP contribution in [0.4, 0.5) is 0 Å². The van der Waals surface area contributed by atoms with Crippen LogP contribution in [0.25, 0.3) is 11.1 Å². The fourth-order valence-corrected chi connectivity index (χ4v) is 2.42. The minimum Gasteiger partial charge on any atom is -0.408 e. The van der Waals surface area contributed by atoms with E-state index in [1.165, 1.54) is 0 Å². The summed E-state index contributed by atoms with van der Waals surface area (Å²) in [6, 6.07) is 14.1. The van der Waals surface area contributed by atoms with Gasteiger partial charge in [-0.2, -0.15) is 0 Å². The van der Waals surface area contributed by atoms with Crippen LogP contribution in [0.1, 0.15) is 15.9 Å². The molecule has 3 N–H and O–H groups in total. The Morgan fingerprint density at radius 1 is 1.04 bits per heavy atom. The number of fused-ring (bicyclic) bond motifs is 1. The molecular weight excluding hydrogens is 322 g/mol. The van der Waals surface area contributed by atoms with Gasteiger partial charge in [-0.3, -0.25) is 14.6 Å². The average Bonchev–Trinajstić information content (AvgIpc) is 2.99. The third-order valence-electron chi connectivity index (χ3n) is 3.66. The van der Waals surface area contributed by atoms with Crippen LogP contribution in [0.2, 0.25) is 0 Å². The van der Waals surface area contributed by atoms with Crippen molar-refractivity contribution in [2.75, 3.05) is 13.1 Å². The summed E-state index contributed by atoms with van der Waals surface area (Å²) in [5.41, 5.74) is 2.60. The number of benzene rings is 2. The van der Waals surface area contributed by atoms with Crippen LogP contribution in [-0.4, -0.2) is 29.9 Å². The predicted octanol–water partition coefficient (Wildman–Crippen LogP) is 1.21. The highest BCUT2D eigenvalue weighted by molar-refractivity contribution is 5.96. The Balaban J connectivity index is 1.44. The van der Waals surface area contributed by atoms with Gasteiger partial charge in [-0.15, -0.1) is 0 Å². The van der Waals surface area contributed by atoms with Gasteiger partial charge in [0.15, 0.2) is 5.58 Å². The fraction of sp³-hybridized carbons (Fsp3) is 0.167. The molecule has 0 aliphatic rings. The van der Waals surface area contributed by atoms with Gasteiger partial charge in [-0.1, -0.05) is 24.3 Å². The van der Waals surface area contributed by atoms with Gasteiger partial charge in [0.05, 0.1) is 12.1 Å². The summed E-state index contributed by atoms with van der Waals surface area (Å²) in [4.78, 5) is 37.3. The molecule has 7 heteroatoms. The fourth-order valence-electron chi connectivity index (χ4n) is 2.42. The van der Waals surface area contributed by atoms with E-state index in [1.54, 1.807) is 30.3 Å². The van der Waals surface area contributed by atoms with Crippen molar-refractivity contribution < 1.29 is 14.0 Å². The van der Waals surface area contributed by atoms with Gasteiger partial charge in [0, 0.05) is 12.1 Å². The summed E-state index contributed by atoms with van der Waals surface area (Å²) in [5, 5.41) is 5.31. The zero-order chi connectivity index (χ0) is 17.6. The Morgan fingerprint density at radius 3 is 2.64 bits per heavy atom. The van der Waals surface area contributed by atoms with E-state index in [2.05, 4.69) is 15.6 Å². The molecule has 0 bridgehead atoms. The number of aromatic nitrogens is 1. The molecule has 0 saturated heterocycles. The Kier molecular flexibility index (Phi) is 4.94. The Morgan fingerprint density at radius 2 is 1.84 bits per heavy atom. The van der Waals surface area contributed by atoms with E-state index in [-0.39, 0.29) is 18.4 Å². The maximum absolute atomic E-state index is 11.8. The van der Waals surface area contributed by atoms with Crippen molar-refractivity contribution in [3.8, 4) is 0 Å². The van der Waals surface area contributed by atoms with Crippen molar-refractivity contribution in [2.45, 2.75) is 6.42 Å². The first-order valence-electron chi connectivity index (χ1n) is 7.83. The molecule has 1 aromatic heterocycles. The average molecular weight is 339 g/mol. The standard InChI is InChI=1S/C18H17N3O4/c22-16(11-20-17(23)13-4-2-1-3-5-13)19-9-8-12-6-7-15-14(10-12)21-18(24)25-15/h1-7,10H,8-9,11H2,(H,19,22)(H,20,23)(H,21,24). The van der Waals surface area contributed by atoms with Crippen molar-refractivity contribution in [1.29, 1.82) is 0 Å². The minimum absolute atomic E-state index is 0.0815. The van der Waals surface area contributed by atoms with Crippen LogP contribution in [-0.2, 0) is 11.2 Å². The number of hydrogen-bond donors (Lipinski definition) is 3. The van der Waals surface area contributed by atoms with Gasteiger partial charge in [0.25, 0.3) is 5.91 Å². The molecule has 25 heavy (non-hydrogen) atoms. The topological polar surface area (TPSA) is 104 Å². The number of oxazole rings is 1. The summed E-state index contributed by atoms with van der Waals surface area (Å²) in [6.45, 7) is 0.343. The van der Waals surface area contributed by atoms with Gasteiger partial charge in [0.1, 0.15) is 0 Å². The first-order valence-corrected chi connectivity index (χ1v) is 7.83. The maximum atomic E-state index is 11.8. The number of carbonyl (C=O) groups is 2. The lowest BCUT2D eigenvalue weighted by Gasteiger charge is -2.07. The molecule has 0 saturated carbocycles. The number of hydrogen-bond acceptors (Lipinski definition) is 4. The molecule has 3 aromatic rings. The summed E-state index contributed by atoms with van der Waals surface area (Å²) in [5.74, 6) is -1.04. The van der Waals surface area contributed by atoms with Crippen LogP contribution in [0, 0.1) is 0 Å². The predicted molar refractivity (Wildman–Crippen MR) is 92.3 cm³/mol. The van der Waals surface area contributed by atoms with Crippen LogP contribution in [0.15, 0.2) is 57.7 Å². The molecule has 1 heterocycles. The number of nitrogens with one attached hydrogen (secondary N) is 3. The second-order valence-electron chi connectivity index (χ2n) is 5.49. The van der Waals surface area contributed by atoms with Gasteiger partial charge in [-0.05, 0) is 36.2 Å². The molecule has 0 fully saturated rings. The van der Waals surface area contributed by atoms with Crippen LogP contribution in [0.3, 0.4) is 0 Å². The molecule has 0 aliphatic carbocycles. The summed E-state index contributed by atoms with van der Waals surface area (Å²) in [6.07, 6.45) is 0.599. The van der Waals surface area contributed by atoms with Crippen molar-refractivity contribution in [1.82, 2.24) is 15.6 Å². The van der Waals surface area contributed by atoms with E-state index in [0.29, 0.717) is 29.6 Å². The first kappa shape index (κ1) is 16.5. The number of carbonyl (C=O) groups excluding carboxylic acids is 2. The molecule has 0 spiro atoms. The van der Waals surface area contributed by atoms with Crippen LogP contribution >= 0.6 is 0 Å². The van der Waals surface area contributed by atoms with Crippen LogP contribution < -0.4 is 16.4 Å². The molecule has 0 atom stereocenters. The normalized spacial score (nSPS) is 10.6.